The highest BCUT2D eigenvalue weighted by atomic mass is 15.2. The molecule has 0 saturated heterocycles. The van der Waals surface area contributed by atoms with Gasteiger partial charge in [-0.05, 0) is 180 Å². The van der Waals surface area contributed by atoms with E-state index in [9.17, 15) is 0 Å². The first-order valence-electron chi connectivity index (χ1n) is 26.1. The normalized spacial score (nSPS) is 11.4. The molecule has 0 aromatic heterocycles. The van der Waals surface area contributed by atoms with Crippen LogP contribution in [0.1, 0.15) is 12.5 Å². The van der Waals surface area contributed by atoms with Gasteiger partial charge in [-0.25, -0.2) is 0 Å². The first-order valence-corrected chi connectivity index (χ1v) is 26.1. The van der Waals surface area contributed by atoms with Crippen molar-refractivity contribution in [1.29, 1.82) is 0 Å². The third-order valence-electron chi connectivity index (χ3n) is 13.8. The summed E-state index contributed by atoms with van der Waals surface area (Å²) in [5, 5.41) is 0. The Bertz CT molecular complexity index is 3620. The minimum absolute atomic E-state index is 1.04. The molecule has 11 rings (SSSR count). The summed E-state index contributed by atoms with van der Waals surface area (Å²) in [6.07, 6.45) is 6.25. The number of hydrogen-bond donors (Lipinski definition) is 0. The van der Waals surface area contributed by atoms with Gasteiger partial charge in [0.2, 0.25) is 0 Å². The maximum atomic E-state index is 4.21. The molecule has 0 amide bonds. The van der Waals surface area contributed by atoms with E-state index in [1.165, 1.54) is 0 Å². The minimum Gasteiger partial charge on any atom is -0.315 e. The molecule has 0 bridgehead atoms. The summed E-state index contributed by atoms with van der Waals surface area (Å²) in [4.78, 5) is 9.18. The quantitative estimate of drug-likeness (QED) is 0.0843. The summed E-state index contributed by atoms with van der Waals surface area (Å²) in [6, 6.07) is 107. The van der Waals surface area contributed by atoms with Crippen LogP contribution in [0, 0.1) is 0 Å². The lowest BCUT2D eigenvalue weighted by Crippen LogP contribution is -2.14. The van der Waals surface area contributed by atoms with Gasteiger partial charge in [-0.1, -0.05) is 189 Å². The molecule has 0 atom stereocenters. The highest BCUT2D eigenvalue weighted by Crippen LogP contribution is 2.41. The van der Waals surface area contributed by atoms with Gasteiger partial charge in [0.05, 0.1) is 0 Å². The number of benzene rings is 11. The molecule has 0 radical (unpaired) electrons. The van der Waals surface area contributed by atoms with Gasteiger partial charge in [0.15, 0.2) is 0 Å². The molecule has 0 saturated carbocycles. The van der Waals surface area contributed by atoms with E-state index in [0.717, 1.165) is 102 Å². The van der Waals surface area contributed by atoms with Crippen LogP contribution in [0.15, 0.2) is 334 Å². The molecule has 0 aliphatic rings. The summed E-state index contributed by atoms with van der Waals surface area (Å²) in [7, 11) is 0. The van der Waals surface area contributed by atoms with Crippen molar-refractivity contribution in [3.8, 4) is 22.3 Å². The van der Waals surface area contributed by atoms with E-state index >= 15 is 0 Å². The van der Waals surface area contributed by atoms with Gasteiger partial charge in [0.1, 0.15) is 0 Å². The van der Waals surface area contributed by atoms with Crippen molar-refractivity contribution < 1.29 is 0 Å². The predicted molar refractivity (Wildman–Crippen MR) is 328 cm³/mol. The van der Waals surface area contributed by atoms with Crippen LogP contribution in [0.4, 0.5) is 62.6 Å². The average Bonchev–Trinajstić information content (AvgIpc) is 3.51. The second kappa shape index (κ2) is 23.4. The van der Waals surface area contributed by atoms with Crippen LogP contribution in [-0.2, 0) is 0 Å². The molecular formula is C73H58N4. The summed E-state index contributed by atoms with van der Waals surface area (Å²) >= 11 is 0. The van der Waals surface area contributed by atoms with Crippen LogP contribution in [0.5, 0.6) is 0 Å². The van der Waals surface area contributed by atoms with E-state index < -0.39 is 0 Å². The van der Waals surface area contributed by atoms with Crippen molar-refractivity contribution in [1.82, 2.24) is 0 Å². The Kier molecular flexibility index (Phi) is 14.9. The lowest BCUT2D eigenvalue weighted by atomic mass is 10.0. The predicted octanol–water partition coefficient (Wildman–Crippen LogP) is 20.7. The Balaban J connectivity index is 0.822. The van der Waals surface area contributed by atoms with Crippen molar-refractivity contribution in [2.45, 2.75) is 6.92 Å². The van der Waals surface area contributed by atoms with E-state index in [-0.39, 0.29) is 0 Å². The Morgan fingerprint density at radius 3 is 0.727 bits per heavy atom. The molecule has 11 aromatic carbocycles. The standard InChI is InChI=1S/C73H58N4/c1-3-57(35-34-56(2)74(63-22-10-4-11-23-63)64-24-12-5-13-25-64)58-36-46-70(47-37-58)76(67-30-18-8-19-31-67)71-50-40-61(41-51-71)62-44-54-73(55-45-62)77(68-32-20-9-21-33-68)72-52-42-60(43-53-72)59-38-48-69(49-39-59)75(65-26-14-6-15-27-65)66-28-16-7-17-29-66/h3-55H,1H2,2H3/b56-34+,57-35+. The smallest absolute Gasteiger partial charge is 0.0462 e. The van der Waals surface area contributed by atoms with Crippen molar-refractivity contribution in [3.05, 3.63) is 339 Å². The number of hydrogen-bond acceptors (Lipinski definition) is 4. The van der Waals surface area contributed by atoms with Crippen LogP contribution in [0.25, 0.3) is 27.8 Å². The van der Waals surface area contributed by atoms with Gasteiger partial charge in [0.25, 0.3) is 0 Å². The van der Waals surface area contributed by atoms with Gasteiger partial charge in [-0.3, -0.25) is 0 Å². The average molecular weight is 991 g/mol. The number of rotatable bonds is 17. The van der Waals surface area contributed by atoms with Crippen LogP contribution >= 0.6 is 0 Å². The van der Waals surface area contributed by atoms with Crippen LogP contribution < -0.4 is 19.6 Å². The maximum absolute atomic E-state index is 4.21. The molecule has 370 valence electrons. The Labute approximate surface area is 454 Å². The fraction of sp³-hybridized carbons (Fsp3) is 0.0137. The van der Waals surface area contributed by atoms with Crippen molar-refractivity contribution in [3.63, 3.8) is 0 Å². The third-order valence-corrected chi connectivity index (χ3v) is 13.8. The maximum Gasteiger partial charge on any atom is 0.0462 e. The SMILES string of the molecule is C=C/C(=C\C=C(/C)N(c1ccccc1)c1ccccc1)c1ccc(N(c2ccccc2)c2ccc(-c3ccc(N(c4ccccc4)c4ccc(-c5ccc(N(c6ccccc6)c6ccccc6)cc5)cc4)cc3)cc2)cc1. The molecule has 0 aliphatic heterocycles. The van der Waals surface area contributed by atoms with Gasteiger partial charge in [0, 0.05) is 68.3 Å². The van der Waals surface area contributed by atoms with Crippen molar-refractivity contribution >= 4 is 68.1 Å². The van der Waals surface area contributed by atoms with Gasteiger partial charge in [-0.2, -0.15) is 0 Å². The van der Waals surface area contributed by atoms with E-state index in [0.29, 0.717) is 0 Å². The fourth-order valence-corrected chi connectivity index (χ4v) is 9.94. The zero-order chi connectivity index (χ0) is 52.2. The third kappa shape index (κ3) is 11.2. The molecule has 0 spiro atoms. The largest absolute Gasteiger partial charge is 0.315 e. The topological polar surface area (TPSA) is 13.0 Å². The summed E-state index contributed by atoms with van der Waals surface area (Å²) < 4.78 is 0. The number of nitrogens with zero attached hydrogens (tertiary/aromatic N) is 4. The van der Waals surface area contributed by atoms with Gasteiger partial charge >= 0.3 is 0 Å². The molecule has 0 N–H and O–H groups in total. The van der Waals surface area contributed by atoms with E-state index in [1.54, 1.807) is 0 Å². The van der Waals surface area contributed by atoms with Crippen molar-refractivity contribution in [2.75, 3.05) is 19.6 Å². The Hall–Kier alpha value is -10.2. The molecule has 11 aromatic rings. The van der Waals surface area contributed by atoms with Gasteiger partial charge in [-0.15, -0.1) is 0 Å². The lowest BCUT2D eigenvalue weighted by Gasteiger charge is -2.26. The van der Waals surface area contributed by atoms with Crippen LogP contribution in [0.3, 0.4) is 0 Å². The lowest BCUT2D eigenvalue weighted by molar-refractivity contribution is 1.16. The fourth-order valence-electron chi connectivity index (χ4n) is 9.94. The molecule has 4 nitrogen and oxygen atoms in total. The monoisotopic (exact) mass is 990 g/mol. The Morgan fingerprint density at radius 2 is 0.481 bits per heavy atom. The first kappa shape index (κ1) is 49.1. The molecule has 77 heavy (non-hydrogen) atoms. The van der Waals surface area contributed by atoms with E-state index in [4.69, 9.17) is 0 Å². The first-order chi connectivity index (χ1) is 38.1. The summed E-state index contributed by atoms with van der Waals surface area (Å²) in [5.41, 5.74) is 19.9. The zero-order valence-corrected chi connectivity index (χ0v) is 43.1. The van der Waals surface area contributed by atoms with E-state index in [1.807, 2.05) is 18.2 Å². The highest BCUT2D eigenvalue weighted by Gasteiger charge is 2.17. The minimum atomic E-state index is 1.04. The molecule has 4 heteroatoms. The number of para-hydroxylation sites is 6. The molecule has 0 heterocycles. The molecule has 0 aliphatic carbocycles. The number of anilines is 11. The molecule has 0 unspecified atom stereocenters. The summed E-state index contributed by atoms with van der Waals surface area (Å²) in [5.74, 6) is 0. The molecular weight excluding hydrogens is 933 g/mol. The zero-order valence-electron chi connectivity index (χ0n) is 43.1. The van der Waals surface area contributed by atoms with Crippen molar-refractivity contribution in [2.24, 2.45) is 0 Å². The second-order valence-corrected chi connectivity index (χ2v) is 18.7. The highest BCUT2D eigenvalue weighted by molar-refractivity contribution is 5.84. The van der Waals surface area contributed by atoms with Crippen LogP contribution in [0.2, 0.25) is 0 Å². The number of allylic oxidation sites excluding steroid dienone is 5. The van der Waals surface area contributed by atoms with E-state index in [2.05, 4.69) is 336 Å². The summed E-state index contributed by atoms with van der Waals surface area (Å²) in [6.45, 7) is 6.35. The van der Waals surface area contributed by atoms with Gasteiger partial charge < -0.3 is 19.6 Å². The van der Waals surface area contributed by atoms with Crippen LogP contribution in [-0.4, -0.2) is 0 Å². The molecule has 0 fully saturated rings. The Morgan fingerprint density at radius 1 is 0.260 bits per heavy atom. The second-order valence-electron chi connectivity index (χ2n) is 18.7.